The van der Waals surface area contributed by atoms with Gasteiger partial charge in [-0.2, -0.15) is 18.3 Å². The first-order chi connectivity index (χ1) is 13.4. The predicted octanol–water partition coefficient (Wildman–Crippen LogP) is 3.41. The molecule has 150 valence electrons. The van der Waals surface area contributed by atoms with Crippen LogP contribution in [0.2, 0.25) is 0 Å². The molecular weight excluding hydrogens is 377 g/mol. The molecule has 0 fully saturated rings. The normalized spacial score (nSPS) is 20.4. The van der Waals surface area contributed by atoms with Gasteiger partial charge in [-0.1, -0.05) is 13.0 Å². The van der Waals surface area contributed by atoms with Crippen LogP contribution in [0.25, 0.3) is 0 Å². The Morgan fingerprint density at radius 1 is 1.36 bits per heavy atom. The number of carbonyl (C=O) groups is 1. The quantitative estimate of drug-likeness (QED) is 0.828. The molecule has 4 rings (SSSR count). The fourth-order valence-electron chi connectivity index (χ4n) is 3.41. The number of hydrogen-bond acceptors (Lipinski definition) is 5. The Bertz CT molecular complexity index is 897. The predicted molar refractivity (Wildman–Crippen MR) is 93.5 cm³/mol. The Morgan fingerprint density at radius 2 is 2.14 bits per heavy atom. The lowest BCUT2D eigenvalue weighted by Gasteiger charge is -2.34. The molecule has 1 aromatic carbocycles. The molecule has 2 aromatic rings. The monoisotopic (exact) mass is 396 g/mol. The minimum atomic E-state index is -4.51. The average Bonchev–Trinajstić information content (AvgIpc) is 3.30. The first-order valence-corrected chi connectivity index (χ1v) is 8.97. The summed E-state index contributed by atoms with van der Waals surface area (Å²) >= 11 is 0. The minimum Gasteiger partial charge on any atom is -0.454 e. The molecule has 0 bridgehead atoms. The Balaban J connectivity index is 1.70. The second-order valence-electron chi connectivity index (χ2n) is 6.71. The van der Waals surface area contributed by atoms with Crippen molar-refractivity contribution in [3.63, 3.8) is 0 Å². The molecule has 1 aromatic heterocycles. The molecule has 10 heteroatoms. The number of carbonyl (C=O) groups excluding carboxylic acids is 1. The summed E-state index contributed by atoms with van der Waals surface area (Å²) in [5, 5.41) is 9.58. The molecule has 7 nitrogen and oxygen atoms in total. The van der Waals surface area contributed by atoms with Gasteiger partial charge in [0.2, 0.25) is 6.79 Å². The van der Waals surface area contributed by atoms with Crippen molar-refractivity contribution in [2.24, 2.45) is 0 Å². The van der Waals surface area contributed by atoms with Gasteiger partial charge in [0.05, 0.1) is 12.2 Å². The second kappa shape index (κ2) is 6.92. The lowest BCUT2D eigenvalue weighted by molar-refractivity contribution is -0.173. The number of nitrogens with zero attached hydrogens (tertiary/aromatic N) is 2. The summed E-state index contributed by atoms with van der Waals surface area (Å²) in [5.74, 6) is 0.646. The zero-order valence-electron chi connectivity index (χ0n) is 15.0. The van der Waals surface area contributed by atoms with E-state index in [4.69, 9.17) is 9.47 Å². The maximum atomic E-state index is 13.7. The van der Waals surface area contributed by atoms with E-state index in [0.29, 0.717) is 30.0 Å². The van der Waals surface area contributed by atoms with E-state index < -0.39 is 24.2 Å². The molecule has 2 aliphatic heterocycles. The molecule has 0 saturated heterocycles. The van der Waals surface area contributed by atoms with E-state index in [1.807, 2.05) is 6.92 Å². The Morgan fingerprint density at radius 3 is 2.89 bits per heavy atom. The molecule has 0 aliphatic carbocycles. The van der Waals surface area contributed by atoms with Gasteiger partial charge in [-0.15, -0.1) is 0 Å². The largest absolute Gasteiger partial charge is 0.454 e. The molecule has 2 N–H and O–H groups in total. The maximum Gasteiger partial charge on any atom is 0.410 e. The third-order valence-electron chi connectivity index (χ3n) is 4.82. The van der Waals surface area contributed by atoms with Gasteiger partial charge < -0.3 is 20.1 Å². The number of aromatic nitrogens is 2. The molecule has 2 atom stereocenters. The van der Waals surface area contributed by atoms with Gasteiger partial charge in [-0.3, -0.25) is 4.79 Å². The first kappa shape index (κ1) is 18.5. The smallest absolute Gasteiger partial charge is 0.410 e. The van der Waals surface area contributed by atoms with Gasteiger partial charge in [0, 0.05) is 13.0 Å². The Labute approximate surface area is 158 Å². The number of benzene rings is 1. The van der Waals surface area contributed by atoms with Crippen molar-refractivity contribution in [2.75, 3.05) is 18.7 Å². The van der Waals surface area contributed by atoms with E-state index in [-0.39, 0.29) is 24.6 Å². The van der Waals surface area contributed by atoms with Crippen molar-refractivity contribution >= 4 is 11.7 Å². The Kier molecular flexibility index (Phi) is 4.56. The second-order valence-corrected chi connectivity index (χ2v) is 6.71. The highest BCUT2D eigenvalue weighted by molar-refractivity contribution is 5.98. The number of amides is 1. The van der Waals surface area contributed by atoms with Crippen molar-refractivity contribution in [3.8, 4) is 11.5 Å². The van der Waals surface area contributed by atoms with Gasteiger partial charge in [0.25, 0.3) is 5.91 Å². The minimum absolute atomic E-state index is 0.0600. The van der Waals surface area contributed by atoms with E-state index >= 15 is 0 Å². The van der Waals surface area contributed by atoms with E-state index in [1.165, 1.54) is 6.20 Å². The van der Waals surface area contributed by atoms with Crippen LogP contribution in [0.5, 0.6) is 11.5 Å². The highest BCUT2D eigenvalue weighted by atomic mass is 19.4. The van der Waals surface area contributed by atoms with Crippen LogP contribution in [0.4, 0.5) is 19.0 Å². The van der Waals surface area contributed by atoms with Gasteiger partial charge in [-0.05, 0) is 24.1 Å². The highest BCUT2D eigenvalue weighted by Crippen LogP contribution is 2.45. The van der Waals surface area contributed by atoms with Crippen LogP contribution in [0.3, 0.4) is 0 Å². The number of ether oxygens (including phenoxy) is 2. The van der Waals surface area contributed by atoms with Gasteiger partial charge in [-0.25, -0.2) is 4.68 Å². The van der Waals surface area contributed by atoms with E-state index in [9.17, 15) is 18.0 Å². The summed E-state index contributed by atoms with van der Waals surface area (Å²) in [6.45, 7) is 2.40. The van der Waals surface area contributed by atoms with Gasteiger partial charge in [0.15, 0.2) is 17.5 Å². The first-order valence-electron chi connectivity index (χ1n) is 8.97. The van der Waals surface area contributed by atoms with Crippen molar-refractivity contribution in [3.05, 3.63) is 35.5 Å². The van der Waals surface area contributed by atoms with Crippen LogP contribution < -0.4 is 20.1 Å². The SMILES string of the molecule is CCCNC(=O)c1cnn2c1N[C@H](c1ccc3c(c1)OCO3)C[C@H]2C(F)(F)F. The molecule has 0 radical (unpaired) electrons. The third kappa shape index (κ3) is 3.23. The van der Waals surface area contributed by atoms with Crippen LogP contribution in [-0.4, -0.2) is 35.2 Å². The van der Waals surface area contributed by atoms with Crippen molar-refractivity contribution in [1.82, 2.24) is 15.1 Å². The zero-order chi connectivity index (χ0) is 19.9. The van der Waals surface area contributed by atoms with E-state index in [2.05, 4.69) is 15.7 Å². The van der Waals surface area contributed by atoms with Crippen LogP contribution in [0.15, 0.2) is 24.4 Å². The summed E-state index contributed by atoms with van der Waals surface area (Å²) in [7, 11) is 0. The molecule has 28 heavy (non-hydrogen) atoms. The fourth-order valence-corrected chi connectivity index (χ4v) is 3.41. The van der Waals surface area contributed by atoms with Crippen LogP contribution >= 0.6 is 0 Å². The number of fused-ring (bicyclic) bond motifs is 2. The van der Waals surface area contributed by atoms with Crippen molar-refractivity contribution in [2.45, 2.75) is 38.0 Å². The molecular formula is C18H19F3N4O3. The molecule has 3 heterocycles. The zero-order valence-corrected chi connectivity index (χ0v) is 15.0. The van der Waals surface area contributed by atoms with Gasteiger partial charge >= 0.3 is 6.18 Å². The van der Waals surface area contributed by atoms with Crippen molar-refractivity contribution in [1.29, 1.82) is 0 Å². The molecule has 1 amide bonds. The van der Waals surface area contributed by atoms with Crippen molar-refractivity contribution < 1.29 is 27.4 Å². The summed E-state index contributed by atoms with van der Waals surface area (Å²) in [4.78, 5) is 12.4. The van der Waals surface area contributed by atoms with Crippen LogP contribution in [0, 0.1) is 0 Å². The van der Waals surface area contributed by atoms with Gasteiger partial charge in [0.1, 0.15) is 11.4 Å². The number of alkyl halides is 3. The number of halogens is 3. The molecule has 0 saturated carbocycles. The fraction of sp³-hybridized carbons (Fsp3) is 0.444. The molecule has 0 unspecified atom stereocenters. The topological polar surface area (TPSA) is 77.4 Å². The lowest BCUT2D eigenvalue weighted by Crippen LogP contribution is -2.36. The summed E-state index contributed by atoms with van der Waals surface area (Å²) < 4.78 is 52.6. The Hall–Kier alpha value is -2.91. The number of hydrogen-bond donors (Lipinski definition) is 2. The number of anilines is 1. The van der Waals surface area contributed by atoms with Crippen LogP contribution in [-0.2, 0) is 0 Å². The lowest BCUT2D eigenvalue weighted by atomic mass is 9.96. The highest BCUT2D eigenvalue weighted by Gasteiger charge is 2.47. The third-order valence-corrected chi connectivity index (χ3v) is 4.82. The molecule has 2 aliphatic rings. The summed E-state index contributed by atoms with van der Waals surface area (Å²) in [6.07, 6.45) is -2.87. The number of rotatable bonds is 4. The van der Waals surface area contributed by atoms with E-state index in [0.717, 1.165) is 4.68 Å². The average molecular weight is 396 g/mol. The summed E-state index contributed by atoms with van der Waals surface area (Å²) in [6, 6.07) is 2.52. The summed E-state index contributed by atoms with van der Waals surface area (Å²) in [5.41, 5.74) is 0.707. The molecule has 0 spiro atoms. The maximum absolute atomic E-state index is 13.7. The number of nitrogens with one attached hydrogen (secondary N) is 2. The van der Waals surface area contributed by atoms with Crippen LogP contribution in [0.1, 0.15) is 47.8 Å². The standard InChI is InChI=1S/C18H19F3N4O3/c1-2-5-22-17(26)11-8-23-25-15(18(19,20)21)7-12(24-16(11)25)10-3-4-13-14(6-10)28-9-27-13/h3-4,6,8,12,15,24H,2,5,7,9H2,1H3,(H,22,26)/t12-,15-/m0/s1. The van der Waals surface area contributed by atoms with E-state index in [1.54, 1.807) is 18.2 Å².